The summed E-state index contributed by atoms with van der Waals surface area (Å²) in [5, 5.41) is 3.46. The van der Waals surface area contributed by atoms with Crippen LogP contribution in [0, 0.1) is 5.92 Å². The van der Waals surface area contributed by atoms with Gasteiger partial charge in [0.15, 0.2) is 0 Å². The molecule has 1 aliphatic rings. The Morgan fingerprint density at radius 1 is 1.14 bits per heavy atom. The summed E-state index contributed by atoms with van der Waals surface area (Å²) in [6, 6.07) is 0.597. The van der Waals surface area contributed by atoms with Gasteiger partial charge in [0, 0.05) is 43.1 Å². The van der Waals surface area contributed by atoms with E-state index in [1.165, 1.54) is 25.7 Å². The highest BCUT2D eigenvalue weighted by Crippen LogP contribution is 2.27. The highest BCUT2D eigenvalue weighted by molar-refractivity contribution is 5.30. The minimum Gasteiger partial charge on any atom is -0.341 e. The van der Waals surface area contributed by atoms with Crippen molar-refractivity contribution in [2.75, 3.05) is 11.9 Å². The van der Waals surface area contributed by atoms with Gasteiger partial charge in [-0.2, -0.15) is 0 Å². The molecule has 2 rings (SSSR count). The fourth-order valence-electron chi connectivity index (χ4n) is 2.78. The van der Waals surface area contributed by atoms with Gasteiger partial charge in [0.05, 0.1) is 0 Å². The molecule has 1 heterocycles. The molecule has 118 valence electrons. The van der Waals surface area contributed by atoms with Crippen LogP contribution in [0.25, 0.3) is 0 Å². The number of hydrogen-bond acceptors (Lipinski definition) is 4. The number of nitrogens with one attached hydrogen (secondary N) is 1. The molecule has 0 aliphatic heterocycles. The van der Waals surface area contributed by atoms with Gasteiger partial charge >= 0.3 is 0 Å². The Kier molecular flexibility index (Phi) is 5.20. The Labute approximate surface area is 129 Å². The lowest BCUT2D eigenvalue weighted by Crippen LogP contribution is -2.36. The van der Waals surface area contributed by atoms with Crippen molar-refractivity contribution in [3.63, 3.8) is 0 Å². The maximum absolute atomic E-state index is 4.55. The third kappa shape index (κ3) is 4.95. The summed E-state index contributed by atoms with van der Waals surface area (Å²) >= 11 is 0. The van der Waals surface area contributed by atoms with Crippen molar-refractivity contribution in [2.45, 2.75) is 71.5 Å². The summed E-state index contributed by atoms with van der Waals surface area (Å²) in [4.78, 5) is 11.4. The number of anilines is 1. The van der Waals surface area contributed by atoms with Crippen LogP contribution in [0.15, 0.2) is 12.4 Å². The third-order valence-corrected chi connectivity index (χ3v) is 4.36. The highest BCUT2D eigenvalue weighted by atomic mass is 15.2. The molecular formula is C17H30N4. The molecular weight excluding hydrogens is 260 g/mol. The van der Waals surface area contributed by atoms with Gasteiger partial charge in [0.25, 0.3) is 0 Å². The molecule has 0 bridgehead atoms. The Balaban J connectivity index is 1.92. The van der Waals surface area contributed by atoms with Gasteiger partial charge in [0.1, 0.15) is 0 Å². The lowest BCUT2D eigenvalue weighted by molar-refractivity contribution is 0.339. The van der Waals surface area contributed by atoms with E-state index in [4.69, 9.17) is 0 Å². The standard InChI is InChI=1S/C17H30N4/c1-13-6-8-15(9-7-13)21(5)16-18-10-14(11-19-16)12-20-17(2,3)4/h10-11,13,15,20H,6-9,12H2,1-5H3. The quantitative estimate of drug-likeness (QED) is 0.923. The van der Waals surface area contributed by atoms with Crippen molar-refractivity contribution in [1.82, 2.24) is 15.3 Å². The average molecular weight is 290 g/mol. The van der Waals surface area contributed by atoms with E-state index in [1.807, 2.05) is 12.4 Å². The molecule has 1 saturated carbocycles. The number of hydrogen-bond donors (Lipinski definition) is 1. The summed E-state index contributed by atoms with van der Waals surface area (Å²) in [6.45, 7) is 9.67. The Morgan fingerprint density at radius 3 is 2.24 bits per heavy atom. The van der Waals surface area contributed by atoms with E-state index in [9.17, 15) is 0 Å². The lowest BCUT2D eigenvalue weighted by atomic mass is 9.87. The van der Waals surface area contributed by atoms with Crippen LogP contribution >= 0.6 is 0 Å². The average Bonchev–Trinajstić information content (AvgIpc) is 2.45. The minimum absolute atomic E-state index is 0.119. The summed E-state index contributed by atoms with van der Waals surface area (Å²) in [5.41, 5.74) is 1.26. The van der Waals surface area contributed by atoms with Crippen molar-refractivity contribution < 1.29 is 0 Å². The predicted octanol–water partition coefficient (Wildman–Crippen LogP) is 3.38. The maximum Gasteiger partial charge on any atom is 0.225 e. The van der Waals surface area contributed by atoms with E-state index >= 15 is 0 Å². The zero-order valence-corrected chi connectivity index (χ0v) is 14.2. The predicted molar refractivity (Wildman–Crippen MR) is 88.4 cm³/mol. The molecule has 1 aliphatic carbocycles. The molecule has 0 aromatic carbocycles. The lowest BCUT2D eigenvalue weighted by Gasteiger charge is -2.33. The molecule has 1 aromatic rings. The number of rotatable bonds is 4. The molecule has 0 amide bonds. The van der Waals surface area contributed by atoms with E-state index in [1.54, 1.807) is 0 Å². The monoisotopic (exact) mass is 290 g/mol. The number of aromatic nitrogens is 2. The topological polar surface area (TPSA) is 41.1 Å². The molecule has 0 unspecified atom stereocenters. The van der Waals surface area contributed by atoms with Gasteiger partial charge in [0.2, 0.25) is 5.95 Å². The molecule has 1 fully saturated rings. The first kappa shape index (κ1) is 16.2. The first-order chi connectivity index (χ1) is 9.85. The first-order valence-electron chi connectivity index (χ1n) is 8.14. The summed E-state index contributed by atoms with van der Waals surface area (Å²) in [7, 11) is 2.13. The van der Waals surface area contributed by atoms with Crippen LogP contribution in [0.3, 0.4) is 0 Å². The highest BCUT2D eigenvalue weighted by Gasteiger charge is 2.23. The molecule has 1 aromatic heterocycles. The van der Waals surface area contributed by atoms with Crippen molar-refractivity contribution in [3.05, 3.63) is 18.0 Å². The number of nitrogens with zero attached hydrogens (tertiary/aromatic N) is 3. The van der Waals surface area contributed by atoms with E-state index in [0.29, 0.717) is 6.04 Å². The second-order valence-electron chi connectivity index (χ2n) is 7.52. The van der Waals surface area contributed by atoms with Crippen molar-refractivity contribution in [2.24, 2.45) is 5.92 Å². The Bertz CT molecular complexity index is 427. The van der Waals surface area contributed by atoms with Gasteiger partial charge in [-0.15, -0.1) is 0 Å². The van der Waals surface area contributed by atoms with Gasteiger partial charge < -0.3 is 10.2 Å². The van der Waals surface area contributed by atoms with Crippen LogP contribution in [0.2, 0.25) is 0 Å². The maximum atomic E-state index is 4.55. The molecule has 0 atom stereocenters. The summed E-state index contributed by atoms with van der Waals surface area (Å²) in [6.07, 6.45) is 9.06. The van der Waals surface area contributed by atoms with Gasteiger partial charge in [-0.3, -0.25) is 0 Å². The summed E-state index contributed by atoms with van der Waals surface area (Å²) < 4.78 is 0. The van der Waals surface area contributed by atoms with Crippen molar-refractivity contribution >= 4 is 5.95 Å². The minimum atomic E-state index is 0.119. The largest absolute Gasteiger partial charge is 0.341 e. The summed E-state index contributed by atoms with van der Waals surface area (Å²) in [5.74, 6) is 1.73. The molecule has 0 radical (unpaired) electrons. The van der Waals surface area contributed by atoms with E-state index in [-0.39, 0.29) is 5.54 Å². The van der Waals surface area contributed by atoms with Crippen LogP contribution in [-0.4, -0.2) is 28.6 Å². The zero-order chi connectivity index (χ0) is 15.5. The van der Waals surface area contributed by atoms with E-state index in [0.717, 1.165) is 24.0 Å². The Morgan fingerprint density at radius 2 is 1.71 bits per heavy atom. The normalized spacial score (nSPS) is 23.1. The van der Waals surface area contributed by atoms with E-state index < -0.39 is 0 Å². The fourth-order valence-corrected chi connectivity index (χ4v) is 2.78. The second-order valence-corrected chi connectivity index (χ2v) is 7.52. The van der Waals surface area contributed by atoms with Crippen molar-refractivity contribution in [3.8, 4) is 0 Å². The molecule has 4 heteroatoms. The van der Waals surface area contributed by atoms with Crippen LogP contribution in [0.4, 0.5) is 5.95 Å². The van der Waals surface area contributed by atoms with Crippen molar-refractivity contribution in [1.29, 1.82) is 0 Å². The van der Waals surface area contributed by atoms with Gasteiger partial charge in [-0.05, 0) is 52.4 Å². The zero-order valence-electron chi connectivity index (χ0n) is 14.2. The smallest absolute Gasteiger partial charge is 0.225 e. The Hall–Kier alpha value is -1.16. The van der Waals surface area contributed by atoms with Gasteiger partial charge in [-0.25, -0.2) is 9.97 Å². The molecule has 4 nitrogen and oxygen atoms in total. The molecule has 1 N–H and O–H groups in total. The third-order valence-electron chi connectivity index (χ3n) is 4.36. The SMILES string of the molecule is CC1CCC(N(C)c2ncc(CNC(C)(C)C)cn2)CC1. The molecule has 0 saturated heterocycles. The molecule has 21 heavy (non-hydrogen) atoms. The van der Waals surface area contributed by atoms with Crippen LogP contribution < -0.4 is 10.2 Å². The fraction of sp³-hybridized carbons (Fsp3) is 0.765. The molecule has 0 spiro atoms. The van der Waals surface area contributed by atoms with Gasteiger partial charge in [-0.1, -0.05) is 6.92 Å². The van der Waals surface area contributed by atoms with Crippen LogP contribution in [0.5, 0.6) is 0 Å². The first-order valence-corrected chi connectivity index (χ1v) is 8.14. The van der Waals surface area contributed by atoms with Crippen LogP contribution in [-0.2, 0) is 6.54 Å². The van der Waals surface area contributed by atoms with E-state index in [2.05, 4.69) is 54.9 Å². The second kappa shape index (κ2) is 6.73. The van der Waals surface area contributed by atoms with Crippen LogP contribution in [0.1, 0.15) is 58.9 Å².